The van der Waals surface area contributed by atoms with Crippen molar-refractivity contribution in [3.05, 3.63) is 42.0 Å². The summed E-state index contributed by atoms with van der Waals surface area (Å²) >= 11 is 0. The maximum absolute atomic E-state index is 12.0. The molecule has 0 aliphatic carbocycles. The SMILES string of the molecule is C[C@@H](CN(CC(=O)O)C[C@H](Cc1ccc(N2C(=O)C=CC2=O)cc1)N(CC(=O)O)CC(=O)O)NC(C(=O)O)C(=O)O. The topological polar surface area (TPSA) is 242 Å². The van der Waals surface area contributed by atoms with Crippen LogP contribution in [0.2, 0.25) is 0 Å². The minimum atomic E-state index is -1.97. The maximum atomic E-state index is 12.0. The van der Waals surface area contributed by atoms with Crippen LogP contribution in [-0.4, -0.2) is 128 Å². The van der Waals surface area contributed by atoms with Crippen molar-refractivity contribution >= 4 is 47.3 Å². The molecule has 0 aromatic heterocycles. The molecule has 0 saturated carbocycles. The molecule has 0 bridgehead atoms. The highest BCUT2D eigenvalue weighted by molar-refractivity contribution is 6.28. The lowest BCUT2D eigenvalue weighted by molar-refractivity contribution is -0.152. The number of rotatable bonds is 18. The van der Waals surface area contributed by atoms with Gasteiger partial charge >= 0.3 is 29.8 Å². The predicted molar refractivity (Wildman–Crippen MR) is 138 cm³/mol. The molecule has 2 atom stereocenters. The molecule has 0 radical (unpaired) electrons. The number of carbonyl (C=O) groups excluding carboxylic acids is 2. The van der Waals surface area contributed by atoms with Gasteiger partial charge in [-0.15, -0.1) is 0 Å². The van der Waals surface area contributed by atoms with Gasteiger partial charge in [-0.1, -0.05) is 12.1 Å². The van der Waals surface area contributed by atoms with Gasteiger partial charge in [0, 0.05) is 37.3 Å². The van der Waals surface area contributed by atoms with Crippen molar-refractivity contribution in [2.75, 3.05) is 37.6 Å². The van der Waals surface area contributed by atoms with E-state index < -0.39 is 79.4 Å². The maximum Gasteiger partial charge on any atom is 0.332 e. The van der Waals surface area contributed by atoms with Crippen LogP contribution in [0, 0.1) is 0 Å². The second kappa shape index (κ2) is 14.6. The highest BCUT2D eigenvalue weighted by Crippen LogP contribution is 2.21. The Morgan fingerprint density at radius 1 is 0.780 bits per heavy atom. The first-order valence-electron chi connectivity index (χ1n) is 12.2. The number of carboxylic acids is 5. The summed E-state index contributed by atoms with van der Waals surface area (Å²) < 4.78 is 0. The monoisotopic (exact) mass is 578 g/mol. The highest BCUT2D eigenvalue weighted by atomic mass is 16.4. The van der Waals surface area contributed by atoms with Crippen molar-refractivity contribution in [3.63, 3.8) is 0 Å². The first kappa shape index (κ1) is 32.5. The molecule has 0 spiro atoms. The second-order valence-electron chi connectivity index (χ2n) is 9.33. The minimum Gasteiger partial charge on any atom is -0.480 e. The van der Waals surface area contributed by atoms with Crippen molar-refractivity contribution in [2.24, 2.45) is 0 Å². The number of amides is 2. The van der Waals surface area contributed by atoms with Crippen molar-refractivity contribution in [1.82, 2.24) is 15.1 Å². The zero-order valence-electron chi connectivity index (χ0n) is 21.9. The molecule has 1 aromatic carbocycles. The third kappa shape index (κ3) is 10.1. The summed E-state index contributed by atoms with van der Waals surface area (Å²) in [6.45, 7) is -0.952. The number of nitrogens with one attached hydrogen (secondary N) is 1. The molecular formula is C25H30N4O12. The van der Waals surface area contributed by atoms with Crippen LogP contribution in [0.3, 0.4) is 0 Å². The molecule has 1 aliphatic rings. The molecular weight excluding hydrogens is 548 g/mol. The zero-order chi connectivity index (χ0) is 30.9. The number of anilines is 1. The van der Waals surface area contributed by atoms with E-state index in [1.165, 1.54) is 24.0 Å². The molecule has 222 valence electrons. The van der Waals surface area contributed by atoms with Gasteiger partial charge in [0.25, 0.3) is 11.8 Å². The lowest BCUT2D eigenvalue weighted by Crippen LogP contribution is -2.54. The molecule has 0 saturated heterocycles. The summed E-state index contributed by atoms with van der Waals surface area (Å²) in [6, 6.07) is 2.34. The summed E-state index contributed by atoms with van der Waals surface area (Å²) in [7, 11) is 0. The summed E-state index contributed by atoms with van der Waals surface area (Å²) in [4.78, 5) is 84.5. The Hall–Kier alpha value is -4.67. The van der Waals surface area contributed by atoms with Crippen LogP contribution in [0.5, 0.6) is 0 Å². The van der Waals surface area contributed by atoms with Gasteiger partial charge in [0.05, 0.1) is 25.3 Å². The normalized spacial score (nSPS) is 14.6. The largest absolute Gasteiger partial charge is 0.480 e. The molecule has 41 heavy (non-hydrogen) atoms. The van der Waals surface area contributed by atoms with E-state index in [0.29, 0.717) is 5.56 Å². The van der Waals surface area contributed by atoms with Crippen molar-refractivity contribution < 1.29 is 59.1 Å². The smallest absolute Gasteiger partial charge is 0.332 e. The van der Waals surface area contributed by atoms with Gasteiger partial charge < -0.3 is 25.5 Å². The minimum absolute atomic E-state index is 0.0196. The molecule has 0 unspecified atom stereocenters. The van der Waals surface area contributed by atoms with E-state index in [1.807, 2.05) is 0 Å². The van der Waals surface area contributed by atoms with E-state index in [1.54, 1.807) is 12.1 Å². The summed E-state index contributed by atoms with van der Waals surface area (Å²) in [5.41, 5.74) is 0.821. The van der Waals surface area contributed by atoms with Crippen LogP contribution in [0.15, 0.2) is 36.4 Å². The fraction of sp³-hybridized carbons (Fsp3) is 0.400. The van der Waals surface area contributed by atoms with Gasteiger partial charge in [-0.25, -0.2) is 14.5 Å². The number of benzene rings is 1. The Morgan fingerprint density at radius 3 is 1.71 bits per heavy atom. The fourth-order valence-electron chi connectivity index (χ4n) is 4.34. The number of nitrogens with zero attached hydrogens (tertiary/aromatic N) is 3. The number of hydrogen-bond donors (Lipinski definition) is 6. The van der Waals surface area contributed by atoms with Crippen molar-refractivity contribution in [2.45, 2.75) is 31.5 Å². The number of carbonyl (C=O) groups is 7. The first-order valence-corrected chi connectivity index (χ1v) is 12.2. The summed E-state index contributed by atoms with van der Waals surface area (Å²) in [6.07, 6.45) is 2.25. The molecule has 1 aliphatic heterocycles. The Morgan fingerprint density at radius 2 is 1.27 bits per heavy atom. The van der Waals surface area contributed by atoms with Gasteiger partial charge in [0.2, 0.25) is 6.04 Å². The van der Waals surface area contributed by atoms with Crippen LogP contribution in [-0.2, 0) is 40.0 Å². The van der Waals surface area contributed by atoms with Gasteiger partial charge in [-0.05, 0) is 31.0 Å². The van der Waals surface area contributed by atoms with Crippen LogP contribution in [0.1, 0.15) is 12.5 Å². The Kier molecular flexibility index (Phi) is 11.6. The average molecular weight is 579 g/mol. The lowest BCUT2D eigenvalue weighted by Gasteiger charge is -2.35. The number of carboxylic acid groups (broad SMARTS) is 5. The molecule has 1 aromatic rings. The van der Waals surface area contributed by atoms with Crippen molar-refractivity contribution in [3.8, 4) is 0 Å². The van der Waals surface area contributed by atoms with Crippen molar-refractivity contribution in [1.29, 1.82) is 0 Å². The van der Waals surface area contributed by atoms with Crippen LogP contribution in [0.4, 0.5) is 5.69 Å². The average Bonchev–Trinajstić information content (AvgIpc) is 3.18. The lowest BCUT2D eigenvalue weighted by atomic mass is 10.0. The molecule has 2 rings (SSSR count). The predicted octanol–water partition coefficient (Wildman–Crippen LogP) is -1.60. The van der Waals surface area contributed by atoms with Crippen LogP contribution >= 0.6 is 0 Å². The van der Waals surface area contributed by atoms with Crippen LogP contribution in [0.25, 0.3) is 0 Å². The quantitative estimate of drug-likeness (QED) is 0.0849. The molecule has 1 heterocycles. The first-order chi connectivity index (χ1) is 19.2. The van der Waals surface area contributed by atoms with E-state index in [0.717, 1.165) is 22.0 Å². The molecule has 16 heteroatoms. The highest BCUT2D eigenvalue weighted by Gasteiger charge is 2.31. The number of imide groups is 1. The molecule has 2 amide bonds. The summed E-state index contributed by atoms with van der Waals surface area (Å²) in [5.74, 6) is -8.34. The zero-order valence-corrected chi connectivity index (χ0v) is 21.9. The van der Waals surface area contributed by atoms with Gasteiger partial charge in [0.1, 0.15) is 0 Å². The molecule has 6 N–H and O–H groups in total. The Bertz CT molecular complexity index is 1170. The fourth-order valence-corrected chi connectivity index (χ4v) is 4.34. The number of hydrogen-bond acceptors (Lipinski definition) is 10. The Labute approximate surface area is 233 Å². The van der Waals surface area contributed by atoms with Gasteiger partial charge in [-0.2, -0.15) is 0 Å². The number of aliphatic carboxylic acids is 5. The molecule has 0 fully saturated rings. The van der Waals surface area contributed by atoms with E-state index in [9.17, 15) is 48.9 Å². The standard InChI is InChI=1S/C25H30N4O12/c1-14(26-23(24(38)39)25(40)41)9-27(11-20(32)33)10-17(28(12-21(34)35)13-22(36)37)8-15-2-4-16(5-3-15)29-18(30)6-7-19(29)31/h2-7,14,17,23,26H,8-13H2,1H3,(H,32,33)(H,34,35)(H,36,37)(H,38,39)(H,40,41)/t14-,17-/m0/s1. The van der Waals surface area contributed by atoms with Gasteiger partial charge in [0.15, 0.2) is 0 Å². The van der Waals surface area contributed by atoms with E-state index in [4.69, 9.17) is 10.2 Å². The third-order valence-electron chi connectivity index (χ3n) is 5.97. The van der Waals surface area contributed by atoms with E-state index in [2.05, 4.69) is 5.32 Å². The van der Waals surface area contributed by atoms with E-state index >= 15 is 0 Å². The van der Waals surface area contributed by atoms with E-state index in [-0.39, 0.29) is 25.2 Å². The Balaban J connectivity index is 2.34. The third-order valence-corrected chi connectivity index (χ3v) is 5.97. The summed E-state index contributed by atoms with van der Waals surface area (Å²) in [5, 5.41) is 48.9. The van der Waals surface area contributed by atoms with Crippen LogP contribution < -0.4 is 10.2 Å². The second-order valence-corrected chi connectivity index (χ2v) is 9.33. The van der Waals surface area contributed by atoms with Gasteiger partial charge in [-0.3, -0.25) is 39.1 Å². The molecule has 16 nitrogen and oxygen atoms in total.